The predicted octanol–water partition coefficient (Wildman–Crippen LogP) is 1.51. The quantitative estimate of drug-likeness (QED) is 0.841. The monoisotopic (exact) mass is 318 g/mol. The molecule has 3 rings (SSSR count). The molecule has 6 nitrogen and oxygen atoms in total. The summed E-state index contributed by atoms with van der Waals surface area (Å²) in [6.07, 6.45) is 0. The number of thiophene rings is 1. The number of aryl methyl sites for hydroxylation is 1. The summed E-state index contributed by atoms with van der Waals surface area (Å²) in [6.45, 7) is 2.92. The zero-order valence-electron chi connectivity index (χ0n) is 10.1. The van der Waals surface area contributed by atoms with E-state index in [1.165, 1.54) is 4.31 Å². The maximum atomic E-state index is 12.5. The van der Waals surface area contributed by atoms with Gasteiger partial charge in [-0.1, -0.05) is 11.6 Å². The van der Waals surface area contributed by atoms with Crippen molar-refractivity contribution in [3.05, 3.63) is 28.1 Å². The van der Waals surface area contributed by atoms with Gasteiger partial charge in [-0.3, -0.25) is 0 Å². The van der Waals surface area contributed by atoms with Gasteiger partial charge in [-0.15, -0.1) is 11.3 Å². The van der Waals surface area contributed by atoms with Crippen LogP contribution in [0.15, 0.2) is 15.7 Å². The molecule has 0 saturated heterocycles. The van der Waals surface area contributed by atoms with E-state index in [0.29, 0.717) is 24.7 Å². The fraction of sp³-hybridized carbons (Fsp3) is 0.400. The molecule has 0 spiro atoms. The molecule has 0 amide bonds. The highest BCUT2D eigenvalue weighted by Crippen LogP contribution is 2.31. The van der Waals surface area contributed by atoms with Gasteiger partial charge in [0.2, 0.25) is 0 Å². The Kier molecular flexibility index (Phi) is 3.12. The minimum Gasteiger partial charge on any atom is -0.247 e. The van der Waals surface area contributed by atoms with Crippen molar-refractivity contribution in [1.29, 1.82) is 0 Å². The Bertz CT molecular complexity index is 722. The highest BCUT2D eigenvalue weighted by atomic mass is 35.5. The van der Waals surface area contributed by atoms with Crippen LogP contribution >= 0.6 is 22.9 Å². The third kappa shape index (κ3) is 2.18. The van der Waals surface area contributed by atoms with Crippen LogP contribution in [0.3, 0.4) is 0 Å². The van der Waals surface area contributed by atoms with Crippen LogP contribution in [0.4, 0.5) is 0 Å². The van der Waals surface area contributed by atoms with Crippen molar-refractivity contribution in [1.82, 2.24) is 19.1 Å². The zero-order valence-corrected chi connectivity index (χ0v) is 12.5. The number of sulfonamides is 1. The summed E-state index contributed by atoms with van der Waals surface area (Å²) >= 11 is 7.05. The third-order valence-electron chi connectivity index (χ3n) is 2.89. The Balaban J connectivity index is 1.95. The molecular weight excluding hydrogens is 308 g/mol. The van der Waals surface area contributed by atoms with Crippen LogP contribution in [0.5, 0.6) is 0 Å². The van der Waals surface area contributed by atoms with Gasteiger partial charge in [0, 0.05) is 6.54 Å². The van der Waals surface area contributed by atoms with E-state index in [1.807, 2.05) is 0 Å². The Morgan fingerprint density at radius 3 is 2.89 bits per heavy atom. The second-order valence-electron chi connectivity index (χ2n) is 4.19. The van der Waals surface area contributed by atoms with Crippen molar-refractivity contribution < 1.29 is 8.42 Å². The van der Waals surface area contributed by atoms with Crippen molar-refractivity contribution in [2.75, 3.05) is 6.54 Å². The van der Waals surface area contributed by atoms with E-state index in [0.717, 1.165) is 11.3 Å². The van der Waals surface area contributed by atoms with E-state index in [-0.39, 0.29) is 15.8 Å². The fourth-order valence-corrected chi connectivity index (χ4v) is 5.22. The smallest absolute Gasteiger partial charge is 0.247 e. The van der Waals surface area contributed by atoms with Gasteiger partial charge in [-0.2, -0.15) is 9.40 Å². The van der Waals surface area contributed by atoms with E-state index >= 15 is 0 Å². The Labute approximate surface area is 119 Å². The summed E-state index contributed by atoms with van der Waals surface area (Å²) in [5.41, 5.74) is 0. The average molecular weight is 319 g/mol. The van der Waals surface area contributed by atoms with Gasteiger partial charge in [0.15, 0.2) is 4.21 Å². The number of rotatable bonds is 2. The number of aromatic nitrogens is 3. The lowest BCUT2D eigenvalue weighted by Crippen LogP contribution is -2.38. The van der Waals surface area contributed by atoms with Crippen molar-refractivity contribution in [3.63, 3.8) is 0 Å². The minimum absolute atomic E-state index is 0.193. The van der Waals surface area contributed by atoms with Crippen molar-refractivity contribution in [3.8, 4) is 0 Å². The van der Waals surface area contributed by atoms with E-state index < -0.39 is 10.0 Å². The summed E-state index contributed by atoms with van der Waals surface area (Å²) in [5, 5.41) is 6.15. The number of fused-ring (bicyclic) bond motifs is 1. The summed E-state index contributed by atoms with van der Waals surface area (Å²) in [7, 11) is -3.54. The molecule has 0 N–H and O–H groups in total. The van der Waals surface area contributed by atoms with Gasteiger partial charge in [0.1, 0.15) is 11.6 Å². The van der Waals surface area contributed by atoms with Gasteiger partial charge in [0.05, 0.1) is 18.1 Å². The van der Waals surface area contributed by atoms with E-state index in [1.54, 1.807) is 23.1 Å². The molecule has 102 valence electrons. The lowest BCUT2D eigenvalue weighted by Gasteiger charge is -2.25. The Hall–Kier alpha value is -0.960. The molecule has 2 aromatic rings. The summed E-state index contributed by atoms with van der Waals surface area (Å²) in [4.78, 5) is 4.23. The molecule has 0 aromatic carbocycles. The highest BCUT2D eigenvalue weighted by Gasteiger charge is 2.32. The van der Waals surface area contributed by atoms with Crippen LogP contribution < -0.4 is 0 Å². The number of hydrogen-bond acceptors (Lipinski definition) is 5. The molecule has 0 bridgehead atoms. The van der Waals surface area contributed by atoms with Crippen molar-refractivity contribution >= 4 is 33.0 Å². The molecular formula is C10H11ClN4O2S2. The molecule has 1 aliphatic heterocycles. The number of halogens is 1. The molecule has 1 aliphatic rings. The molecule has 2 aromatic heterocycles. The molecule has 0 fully saturated rings. The first-order valence-electron chi connectivity index (χ1n) is 5.62. The second-order valence-corrected chi connectivity index (χ2v) is 7.65. The van der Waals surface area contributed by atoms with Crippen molar-refractivity contribution in [2.45, 2.75) is 24.2 Å². The van der Waals surface area contributed by atoms with E-state index in [4.69, 9.17) is 11.6 Å². The maximum absolute atomic E-state index is 12.5. The molecule has 3 heterocycles. The van der Waals surface area contributed by atoms with Crippen molar-refractivity contribution in [2.24, 2.45) is 0 Å². The molecule has 0 unspecified atom stereocenters. The first-order valence-corrected chi connectivity index (χ1v) is 8.32. The first-order chi connectivity index (χ1) is 8.98. The first kappa shape index (κ1) is 13.0. The maximum Gasteiger partial charge on any atom is 0.254 e. The molecule has 0 aliphatic carbocycles. The SMILES string of the molecule is Cc1nc2n(n1)CCN(S(=O)(=O)c1sccc1Cl)C2. The fourth-order valence-electron chi connectivity index (χ4n) is 2.02. The van der Waals surface area contributed by atoms with Crippen LogP contribution in [-0.2, 0) is 23.1 Å². The lowest BCUT2D eigenvalue weighted by molar-refractivity contribution is 0.322. The van der Waals surface area contributed by atoms with Crippen LogP contribution in [0.2, 0.25) is 5.02 Å². The van der Waals surface area contributed by atoms with Gasteiger partial charge in [0.25, 0.3) is 10.0 Å². The second kappa shape index (κ2) is 4.55. The molecule has 0 saturated carbocycles. The lowest BCUT2D eigenvalue weighted by atomic mass is 10.4. The summed E-state index contributed by atoms with van der Waals surface area (Å²) in [6, 6.07) is 1.59. The van der Waals surface area contributed by atoms with Gasteiger partial charge >= 0.3 is 0 Å². The van der Waals surface area contributed by atoms with Crippen LogP contribution in [0.1, 0.15) is 11.6 Å². The topological polar surface area (TPSA) is 68.1 Å². The molecule has 0 atom stereocenters. The zero-order chi connectivity index (χ0) is 13.6. The standard InChI is InChI=1S/C10H11ClN4O2S2/c1-7-12-9-6-14(3-4-15(9)13-7)19(16,17)10-8(11)2-5-18-10/h2,5H,3-4,6H2,1H3. The largest absolute Gasteiger partial charge is 0.254 e. The Morgan fingerprint density at radius 1 is 1.42 bits per heavy atom. The minimum atomic E-state index is -3.54. The third-order valence-corrected chi connectivity index (χ3v) is 6.74. The number of hydrogen-bond donors (Lipinski definition) is 0. The molecule has 0 radical (unpaired) electrons. The van der Waals surface area contributed by atoms with Crippen LogP contribution in [-0.4, -0.2) is 34.0 Å². The van der Waals surface area contributed by atoms with E-state index in [2.05, 4.69) is 10.1 Å². The molecule has 9 heteroatoms. The molecule has 19 heavy (non-hydrogen) atoms. The van der Waals surface area contributed by atoms with E-state index in [9.17, 15) is 8.42 Å². The highest BCUT2D eigenvalue weighted by molar-refractivity contribution is 7.91. The van der Waals surface area contributed by atoms with Crippen LogP contribution in [0.25, 0.3) is 0 Å². The van der Waals surface area contributed by atoms with Gasteiger partial charge in [-0.05, 0) is 18.4 Å². The van der Waals surface area contributed by atoms with Crippen LogP contribution in [0, 0.1) is 6.92 Å². The average Bonchev–Trinajstić information content (AvgIpc) is 2.92. The predicted molar refractivity (Wildman–Crippen MR) is 71.7 cm³/mol. The normalized spacial score (nSPS) is 16.5. The van der Waals surface area contributed by atoms with Gasteiger partial charge < -0.3 is 0 Å². The summed E-state index contributed by atoms with van der Waals surface area (Å²) in [5.74, 6) is 1.32. The number of nitrogens with zero attached hydrogens (tertiary/aromatic N) is 4. The summed E-state index contributed by atoms with van der Waals surface area (Å²) < 4.78 is 28.3. The van der Waals surface area contributed by atoms with Gasteiger partial charge in [-0.25, -0.2) is 18.1 Å². The Morgan fingerprint density at radius 2 is 2.21 bits per heavy atom.